The molecule has 5 rings (SSSR count). The minimum atomic E-state index is -0.693. The van der Waals surface area contributed by atoms with E-state index in [4.69, 9.17) is 33.2 Å². The molecule has 0 aliphatic carbocycles. The van der Waals surface area contributed by atoms with Crippen LogP contribution in [0.5, 0.6) is 34.5 Å². The number of carbonyl (C=O) groups excluding carboxylic acids is 2. The van der Waals surface area contributed by atoms with Crippen molar-refractivity contribution in [1.82, 2.24) is 4.90 Å². The molecule has 0 spiro atoms. The first kappa shape index (κ1) is 33.6. The molecular formula is C36H43N2O9+. The van der Waals surface area contributed by atoms with Crippen LogP contribution in [0.1, 0.15) is 49.8 Å². The Balaban J connectivity index is 1.62. The van der Waals surface area contributed by atoms with Gasteiger partial charge in [-0.25, -0.2) is 4.58 Å². The van der Waals surface area contributed by atoms with Gasteiger partial charge >= 0.3 is 0 Å². The van der Waals surface area contributed by atoms with E-state index in [1.807, 2.05) is 62.0 Å². The van der Waals surface area contributed by atoms with E-state index < -0.39 is 12.1 Å². The first-order valence-corrected chi connectivity index (χ1v) is 15.3. The topological polar surface area (TPSA) is 105 Å². The largest absolute Gasteiger partial charge is 0.496 e. The minimum absolute atomic E-state index is 0.0941. The predicted octanol–water partition coefficient (Wildman–Crippen LogP) is 4.32. The average molecular weight is 648 g/mol. The van der Waals surface area contributed by atoms with Crippen LogP contribution in [0, 0.1) is 13.8 Å². The van der Waals surface area contributed by atoms with Crippen molar-refractivity contribution in [3.05, 3.63) is 69.3 Å². The van der Waals surface area contributed by atoms with Crippen LogP contribution in [0.3, 0.4) is 0 Å². The highest BCUT2D eigenvalue weighted by molar-refractivity contribution is 6.06. The molecule has 2 atom stereocenters. The van der Waals surface area contributed by atoms with Crippen molar-refractivity contribution in [3.63, 3.8) is 0 Å². The average Bonchev–Trinajstić information content (AvgIpc) is 3.08. The lowest BCUT2D eigenvalue weighted by Gasteiger charge is -2.39. The summed E-state index contributed by atoms with van der Waals surface area (Å²) in [5.74, 6) is 2.41. The van der Waals surface area contributed by atoms with Gasteiger partial charge in [-0.15, -0.1) is 0 Å². The predicted molar refractivity (Wildman–Crippen MR) is 175 cm³/mol. The Morgan fingerprint density at radius 3 is 1.98 bits per heavy atom. The fourth-order valence-electron chi connectivity index (χ4n) is 6.91. The number of ketones is 1. The molecule has 250 valence electrons. The first-order valence-electron chi connectivity index (χ1n) is 15.3. The Labute approximate surface area is 275 Å². The zero-order valence-corrected chi connectivity index (χ0v) is 28.5. The summed E-state index contributed by atoms with van der Waals surface area (Å²) >= 11 is 0. The lowest BCUT2D eigenvalue weighted by Crippen LogP contribution is -2.52. The molecule has 2 heterocycles. The van der Waals surface area contributed by atoms with Crippen LogP contribution in [-0.2, 0) is 22.6 Å². The van der Waals surface area contributed by atoms with Gasteiger partial charge in [0.2, 0.25) is 6.04 Å². The molecule has 2 aliphatic rings. The number of hydrogen-bond donors (Lipinski definition) is 0. The van der Waals surface area contributed by atoms with Gasteiger partial charge in [0.15, 0.2) is 35.0 Å². The highest BCUT2D eigenvalue weighted by Crippen LogP contribution is 2.50. The third kappa shape index (κ3) is 5.73. The molecule has 11 heteroatoms. The number of Topliss-reactive ketones (excluding diaryl/α,β-unsaturated/α-hetero) is 1. The summed E-state index contributed by atoms with van der Waals surface area (Å²) in [5.41, 5.74) is 4.82. The van der Waals surface area contributed by atoms with Crippen LogP contribution in [0.25, 0.3) is 0 Å². The van der Waals surface area contributed by atoms with Gasteiger partial charge < -0.3 is 38.1 Å². The number of rotatable bonds is 11. The number of benzene rings is 3. The van der Waals surface area contributed by atoms with Crippen molar-refractivity contribution < 1.29 is 47.3 Å². The van der Waals surface area contributed by atoms with Crippen molar-refractivity contribution in [1.29, 1.82) is 0 Å². The van der Waals surface area contributed by atoms with Gasteiger partial charge in [0.25, 0.3) is 5.91 Å². The number of likely N-dealkylation sites (N-methyl/N-ethyl adjacent to an activating group) is 1. The van der Waals surface area contributed by atoms with Gasteiger partial charge in [0.05, 0.1) is 79.6 Å². The van der Waals surface area contributed by atoms with Crippen molar-refractivity contribution >= 4 is 17.9 Å². The third-order valence-electron chi connectivity index (χ3n) is 9.06. The summed E-state index contributed by atoms with van der Waals surface area (Å²) in [4.78, 5) is 30.4. The third-order valence-corrected chi connectivity index (χ3v) is 9.06. The maximum absolute atomic E-state index is 14.8. The monoisotopic (exact) mass is 647 g/mol. The van der Waals surface area contributed by atoms with Crippen molar-refractivity contribution in [2.75, 3.05) is 62.9 Å². The van der Waals surface area contributed by atoms with Crippen LogP contribution in [0.2, 0.25) is 0 Å². The van der Waals surface area contributed by atoms with E-state index in [-0.39, 0.29) is 24.8 Å². The molecule has 3 aromatic rings. The summed E-state index contributed by atoms with van der Waals surface area (Å²) in [7, 11) is 11.2. The molecule has 0 aromatic heterocycles. The highest BCUT2D eigenvalue weighted by atomic mass is 16.5. The van der Waals surface area contributed by atoms with Gasteiger partial charge in [-0.1, -0.05) is 30.3 Å². The zero-order chi connectivity index (χ0) is 34.0. The maximum atomic E-state index is 14.8. The summed E-state index contributed by atoms with van der Waals surface area (Å²) in [5, 5.41) is 0. The summed E-state index contributed by atoms with van der Waals surface area (Å²) in [6, 6.07) is 8.41. The van der Waals surface area contributed by atoms with Gasteiger partial charge in [-0.3, -0.25) is 9.59 Å². The standard InChI is InChI=1S/C36H43N2O9/c1-20-30(41-4)23-15-25(37(3)16-24(23)34(45-8)32(20)43-6)36(40)38-17-27(39)29-28(26(38)19-47-18-22-13-11-10-12-14-22)35(46-9)33(44-7)21(2)31(29)42-5/h10-14,16,25-26H,15,17-19H2,1-9H3/q+1/t25-,26?/m0/s1. The van der Waals surface area contributed by atoms with E-state index in [1.54, 1.807) is 26.2 Å². The molecule has 2 aliphatic heterocycles. The van der Waals surface area contributed by atoms with Crippen LogP contribution in [0.4, 0.5) is 0 Å². The number of amides is 1. The smallest absolute Gasteiger partial charge is 0.292 e. The van der Waals surface area contributed by atoms with E-state index in [2.05, 4.69) is 0 Å². The Morgan fingerprint density at radius 2 is 1.38 bits per heavy atom. The second kappa shape index (κ2) is 13.9. The maximum Gasteiger partial charge on any atom is 0.292 e. The van der Waals surface area contributed by atoms with Crippen molar-refractivity contribution in [2.45, 2.75) is 39.0 Å². The normalized spacial score (nSPS) is 16.9. The second-order valence-corrected chi connectivity index (χ2v) is 11.6. The van der Waals surface area contributed by atoms with Gasteiger partial charge in [-0.2, -0.15) is 0 Å². The molecule has 3 aromatic carbocycles. The Morgan fingerprint density at radius 1 is 0.809 bits per heavy atom. The summed E-state index contributed by atoms with van der Waals surface area (Å²) in [6.45, 7) is 3.94. The van der Waals surface area contributed by atoms with Crippen LogP contribution >= 0.6 is 0 Å². The number of fused-ring (bicyclic) bond motifs is 2. The van der Waals surface area contributed by atoms with Crippen molar-refractivity contribution in [2.24, 2.45) is 0 Å². The molecule has 0 radical (unpaired) electrons. The SMILES string of the molecule is COc1c(C)c(OC)c(OC)c2c1C[C@@H](C(=O)N1CC(=O)c3c(OC)c(C)c(OC)c(OC)c3C1COCc1ccccc1)[N+](C)=C2. The summed E-state index contributed by atoms with van der Waals surface area (Å²) < 4.78 is 42.9. The molecule has 0 saturated heterocycles. The van der Waals surface area contributed by atoms with Gasteiger partial charge in [-0.05, 0) is 19.4 Å². The Hall–Kier alpha value is -4.77. The lowest BCUT2D eigenvalue weighted by molar-refractivity contribution is -0.521. The lowest BCUT2D eigenvalue weighted by atomic mass is 9.86. The summed E-state index contributed by atoms with van der Waals surface area (Å²) in [6.07, 6.45) is 2.17. The molecule has 0 fully saturated rings. The minimum Gasteiger partial charge on any atom is -0.496 e. The molecule has 0 saturated carbocycles. The van der Waals surface area contributed by atoms with Crippen LogP contribution < -0.4 is 28.4 Å². The van der Waals surface area contributed by atoms with Crippen LogP contribution in [0.15, 0.2) is 30.3 Å². The molecular weight excluding hydrogens is 604 g/mol. The number of ether oxygens (including phenoxy) is 7. The molecule has 47 heavy (non-hydrogen) atoms. The van der Waals surface area contributed by atoms with Gasteiger partial charge in [0.1, 0.15) is 18.5 Å². The number of nitrogens with zero attached hydrogens (tertiary/aromatic N) is 2. The Bertz CT molecular complexity index is 1720. The highest BCUT2D eigenvalue weighted by Gasteiger charge is 2.47. The molecule has 0 N–H and O–H groups in total. The fraction of sp³-hybridized carbons (Fsp3) is 0.417. The fourth-order valence-corrected chi connectivity index (χ4v) is 6.91. The number of hydrogen-bond acceptors (Lipinski definition) is 9. The first-order chi connectivity index (χ1) is 22.7. The van der Waals surface area contributed by atoms with Crippen LogP contribution in [-0.4, -0.2) is 96.3 Å². The van der Waals surface area contributed by atoms with E-state index >= 15 is 0 Å². The molecule has 11 nitrogen and oxygen atoms in total. The van der Waals surface area contributed by atoms with E-state index in [0.29, 0.717) is 64.2 Å². The van der Waals surface area contributed by atoms with Gasteiger partial charge in [0, 0.05) is 28.7 Å². The second-order valence-electron chi connectivity index (χ2n) is 11.6. The van der Waals surface area contributed by atoms with Crippen molar-refractivity contribution in [3.8, 4) is 34.5 Å². The zero-order valence-electron chi connectivity index (χ0n) is 28.5. The van der Waals surface area contributed by atoms with E-state index in [0.717, 1.165) is 22.3 Å². The Kier molecular flexibility index (Phi) is 9.95. The van der Waals surface area contributed by atoms with E-state index in [1.165, 1.54) is 21.3 Å². The molecule has 1 unspecified atom stereocenters. The number of carbonyl (C=O) groups is 2. The quantitative estimate of drug-likeness (QED) is 0.282. The number of methoxy groups -OCH3 is 6. The molecule has 0 bridgehead atoms. The molecule has 1 amide bonds. The van der Waals surface area contributed by atoms with E-state index in [9.17, 15) is 9.59 Å².